The Bertz CT molecular complexity index is 1040. The van der Waals surface area contributed by atoms with Crippen LogP contribution in [0.25, 0.3) is 11.3 Å². The van der Waals surface area contributed by atoms with Crippen LogP contribution in [0.15, 0.2) is 64.8 Å². The van der Waals surface area contributed by atoms with Gasteiger partial charge in [0.2, 0.25) is 0 Å². The molecule has 0 aliphatic heterocycles. The van der Waals surface area contributed by atoms with Gasteiger partial charge in [0.1, 0.15) is 0 Å². The zero-order valence-corrected chi connectivity index (χ0v) is 21.0. The van der Waals surface area contributed by atoms with E-state index in [1.807, 2.05) is 6.20 Å². The van der Waals surface area contributed by atoms with E-state index in [-0.39, 0.29) is 0 Å². The number of allylic oxidation sites excluding steroid dienone is 4. The Morgan fingerprint density at radius 2 is 1.97 bits per heavy atom. The molecule has 33 heavy (non-hydrogen) atoms. The molecule has 0 saturated heterocycles. The first kappa shape index (κ1) is 23.7. The predicted molar refractivity (Wildman–Crippen MR) is 142 cm³/mol. The van der Waals surface area contributed by atoms with Crippen LogP contribution in [0.5, 0.6) is 0 Å². The maximum absolute atomic E-state index is 5.38. The largest absolute Gasteiger partial charge is 0.256 e. The van der Waals surface area contributed by atoms with Crippen molar-refractivity contribution < 1.29 is 0 Å². The van der Waals surface area contributed by atoms with Crippen molar-refractivity contribution in [1.29, 1.82) is 0 Å². The third-order valence-electron chi connectivity index (χ3n) is 7.49. The van der Waals surface area contributed by atoms with Crippen LogP contribution in [-0.4, -0.2) is 10.7 Å². The maximum atomic E-state index is 5.38. The van der Waals surface area contributed by atoms with Gasteiger partial charge in [-0.25, -0.2) is 0 Å². The van der Waals surface area contributed by atoms with Gasteiger partial charge in [0, 0.05) is 23.4 Å². The standard InChI is InChI=1S/C31H40N2/c1-5-7-10-24-11-8-14-28-26(19-24)13-9-12-25(6-2)31(28)33-27-17-16-23(4)29(20-27)30-18-15-22(3)21-32-30/h9,13,15-18,20-21,24-25H,5-8,10-12,14,19H2,1-4H3. The van der Waals surface area contributed by atoms with Crippen molar-refractivity contribution in [2.45, 2.75) is 85.5 Å². The number of nitrogens with zero attached hydrogens (tertiary/aromatic N) is 2. The first-order valence-electron chi connectivity index (χ1n) is 13.1. The second-order valence-corrected chi connectivity index (χ2v) is 10.1. The highest BCUT2D eigenvalue weighted by atomic mass is 14.8. The lowest BCUT2D eigenvalue weighted by Gasteiger charge is -2.19. The number of pyridine rings is 1. The number of aryl methyl sites for hydroxylation is 2. The van der Waals surface area contributed by atoms with Crippen LogP contribution in [0.2, 0.25) is 0 Å². The molecule has 0 radical (unpaired) electrons. The van der Waals surface area contributed by atoms with Crippen molar-refractivity contribution in [2.24, 2.45) is 16.8 Å². The van der Waals surface area contributed by atoms with E-state index in [2.05, 4.69) is 75.2 Å². The first-order valence-corrected chi connectivity index (χ1v) is 13.1. The molecule has 0 spiro atoms. The molecule has 0 amide bonds. The van der Waals surface area contributed by atoms with E-state index >= 15 is 0 Å². The van der Waals surface area contributed by atoms with Crippen LogP contribution in [0, 0.1) is 25.7 Å². The average Bonchev–Trinajstić information content (AvgIpc) is 3.11. The third-order valence-corrected chi connectivity index (χ3v) is 7.49. The van der Waals surface area contributed by atoms with Crippen LogP contribution in [0.1, 0.15) is 82.8 Å². The molecule has 0 saturated carbocycles. The van der Waals surface area contributed by atoms with Gasteiger partial charge in [-0.2, -0.15) is 0 Å². The van der Waals surface area contributed by atoms with E-state index < -0.39 is 0 Å². The van der Waals surface area contributed by atoms with Gasteiger partial charge >= 0.3 is 0 Å². The van der Waals surface area contributed by atoms with Crippen LogP contribution < -0.4 is 0 Å². The van der Waals surface area contributed by atoms with Gasteiger partial charge in [0.15, 0.2) is 0 Å². The number of rotatable bonds is 6. The van der Waals surface area contributed by atoms with Crippen LogP contribution >= 0.6 is 0 Å². The van der Waals surface area contributed by atoms with Crippen molar-refractivity contribution >= 4 is 11.4 Å². The molecule has 0 fully saturated rings. The smallest absolute Gasteiger partial charge is 0.0705 e. The molecule has 2 unspecified atom stereocenters. The van der Waals surface area contributed by atoms with E-state index in [9.17, 15) is 0 Å². The van der Waals surface area contributed by atoms with Crippen LogP contribution in [0.3, 0.4) is 0 Å². The van der Waals surface area contributed by atoms with Crippen molar-refractivity contribution in [3.63, 3.8) is 0 Å². The molecule has 1 heterocycles. The summed E-state index contributed by atoms with van der Waals surface area (Å²) in [6.45, 7) is 8.88. The molecule has 2 aliphatic carbocycles. The summed E-state index contributed by atoms with van der Waals surface area (Å²) in [7, 11) is 0. The minimum absolute atomic E-state index is 0.503. The molecule has 0 N–H and O–H groups in total. The van der Waals surface area contributed by atoms with E-state index in [0.717, 1.165) is 30.1 Å². The molecule has 1 aromatic carbocycles. The molecular formula is C31H40N2. The summed E-state index contributed by atoms with van der Waals surface area (Å²) in [5.74, 6) is 1.34. The number of benzene rings is 1. The lowest BCUT2D eigenvalue weighted by atomic mass is 9.88. The Balaban J connectivity index is 1.73. The third kappa shape index (κ3) is 5.72. The Morgan fingerprint density at radius 3 is 2.73 bits per heavy atom. The van der Waals surface area contributed by atoms with Crippen molar-refractivity contribution in [1.82, 2.24) is 4.98 Å². The quantitative estimate of drug-likeness (QED) is 0.439. The zero-order chi connectivity index (χ0) is 23.2. The molecule has 2 atom stereocenters. The van der Waals surface area contributed by atoms with Gasteiger partial charge < -0.3 is 0 Å². The highest BCUT2D eigenvalue weighted by molar-refractivity contribution is 6.04. The van der Waals surface area contributed by atoms with Gasteiger partial charge in [-0.1, -0.05) is 57.4 Å². The molecular weight excluding hydrogens is 400 g/mol. The normalized spacial score (nSPS) is 22.2. The summed E-state index contributed by atoms with van der Waals surface area (Å²) in [4.78, 5) is 10.1. The fraction of sp³-hybridized carbons (Fsp3) is 0.484. The second kappa shape index (κ2) is 11.1. The van der Waals surface area contributed by atoms with E-state index in [1.54, 1.807) is 11.1 Å². The van der Waals surface area contributed by atoms with Crippen LogP contribution in [0.4, 0.5) is 5.69 Å². The monoisotopic (exact) mass is 440 g/mol. The summed E-state index contributed by atoms with van der Waals surface area (Å²) in [5, 5.41) is 0. The number of aromatic nitrogens is 1. The van der Waals surface area contributed by atoms with Crippen molar-refractivity contribution in [3.05, 3.63) is 71.0 Å². The SMILES string of the molecule is CCCCC1CCCC2=C(C=CCC(CC)C2=Nc2ccc(C)c(-c3ccc(C)cn3)c2)C1. The van der Waals surface area contributed by atoms with Gasteiger partial charge in [-0.15, -0.1) is 0 Å². The fourth-order valence-electron chi connectivity index (χ4n) is 5.44. The molecule has 0 bridgehead atoms. The number of hydrogen-bond donors (Lipinski definition) is 0. The minimum Gasteiger partial charge on any atom is -0.256 e. The average molecular weight is 441 g/mol. The molecule has 174 valence electrons. The molecule has 2 heteroatoms. The summed E-state index contributed by atoms with van der Waals surface area (Å²) in [6.07, 6.45) is 18.1. The zero-order valence-electron chi connectivity index (χ0n) is 21.0. The van der Waals surface area contributed by atoms with Crippen LogP contribution in [-0.2, 0) is 0 Å². The Kier molecular flexibility index (Phi) is 7.96. The Morgan fingerprint density at radius 1 is 1.09 bits per heavy atom. The van der Waals surface area contributed by atoms with Gasteiger partial charge in [-0.3, -0.25) is 9.98 Å². The highest BCUT2D eigenvalue weighted by Gasteiger charge is 2.26. The van der Waals surface area contributed by atoms with E-state index in [1.165, 1.54) is 67.3 Å². The van der Waals surface area contributed by atoms with Gasteiger partial charge in [-0.05, 0) is 98.8 Å². The summed E-state index contributed by atoms with van der Waals surface area (Å²) in [5.41, 5.74) is 10.2. The number of aliphatic imine (C=N–C) groups is 1. The maximum Gasteiger partial charge on any atom is 0.0705 e. The fourth-order valence-corrected chi connectivity index (χ4v) is 5.44. The van der Waals surface area contributed by atoms with Gasteiger partial charge in [0.25, 0.3) is 0 Å². The first-order chi connectivity index (χ1) is 16.1. The summed E-state index contributed by atoms with van der Waals surface area (Å²) < 4.78 is 0. The predicted octanol–water partition coefficient (Wildman–Crippen LogP) is 9.10. The van der Waals surface area contributed by atoms with Gasteiger partial charge in [0.05, 0.1) is 11.4 Å². The highest BCUT2D eigenvalue weighted by Crippen LogP contribution is 2.38. The number of hydrogen-bond acceptors (Lipinski definition) is 2. The molecule has 2 aliphatic rings. The lowest BCUT2D eigenvalue weighted by molar-refractivity contribution is 0.431. The number of unbranched alkanes of at least 4 members (excludes halogenated alkanes) is 1. The molecule has 2 nitrogen and oxygen atoms in total. The molecule has 1 aromatic heterocycles. The van der Waals surface area contributed by atoms with Crippen molar-refractivity contribution in [2.75, 3.05) is 0 Å². The molecule has 4 rings (SSSR count). The lowest BCUT2D eigenvalue weighted by Crippen LogP contribution is -2.16. The van der Waals surface area contributed by atoms with E-state index in [4.69, 9.17) is 4.99 Å². The molecule has 2 aromatic rings. The summed E-state index contributed by atoms with van der Waals surface area (Å²) >= 11 is 0. The van der Waals surface area contributed by atoms with Crippen molar-refractivity contribution in [3.8, 4) is 11.3 Å². The minimum atomic E-state index is 0.503. The summed E-state index contributed by atoms with van der Waals surface area (Å²) in [6, 6.07) is 10.9. The second-order valence-electron chi connectivity index (χ2n) is 10.1. The Labute approximate surface area is 201 Å². The topological polar surface area (TPSA) is 25.2 Å². The Hall–Kier alpha value is -2.48. The van der Waals surface area contributed by atoms with E-state index in [0.29, 0.717) is 5.92 Å².